The number of benzene rings is 1. The van der Waals surface area contributed by atoms with E-state index in [1.54, 1.807) is 32.0 Å². The summed E-state index contributed by atoms with van der Waals surface area (Å²) in [5, 5.41) is 0. The molecule has 5 heteroatoms. The third-order valence-corrected chi connectivity index (χ3v) is 2.38. The van der Waals surface area contributed by atoms with Crippen LogP contribution in [0.4, 0.5) is 5.69 Å². The van der Waals surface area contributed by atoms with Gasteiger partial charge in [-0.15, -0.1) is 0 Å². The number of esters is 1. The summed E-state index contributed by atoms with van der Waals surface area (Å²) in [6.07, 6.45) is -0.148. The summed E-state index contributed by atoms with van der Waals surface area (Å²) >= 11 is 0. The molecule has 1 aromatic rings. The molecule has 19 heavy (non-hydrogen) atoms. The molecule has 1 rings (SSSR count). The molecule has 0 aliphatic carbocycles. The second-order valence-electron chi connectivity index (χ2n) is 4.86. The molecule has 0 bridgehead atoms. The van der Waals surface area contributed by atoms with Gasteiger partial charge in [-0.25, -0.2) is 4.79 Å². The third kappa shape index (κ3) is 5.18. The Morgan fingerprint density at radius 3 is 2.58 bits per heavy atom. The zero-order chi connectivity index (χ0) is 14.4. The second-order valence-corrected chi connectivity index (χ2v) is 4.86. The first-order valence-corrected chi connectivity index (χ1v) is 6.28. The van der Waals surface area contributed by atoms with Crippen LogP contribution in [-0.4, -0.2) is 44.2 Å². The molecule has 2 N–H and O–H groups in total. The van der Waals surface area contributed by atoms with Crippen molar-refractivity contribution >= 4 is 11.7 Å². The highest BCUT2D eigenvalue weighted by atomic mass is 16.5. The SMILES string of the molecule is CC(C)OC(=O)c1ccc(OCCN(C)C)c(N)c1. The van der Waals surface area contributed by atoms with Gasteiger partial charge in [-0.1, -0.05) is 0 Å². The van der Waals surface area contributed by atoms with Gasteiger partial charge in [0, 0.05) is 6.54 Å². The van der Waals surface area contributed by atoms with Crippen LogP contribution in [0.3, 0.4) is 0 Å². The smallest absolute Gasteiger partial charge is 0.338 e. The predicted octanol–water partition coefficient (Wildman–Crippen LogP) is 1.77. The van der Waals surface area contributed by atoms with Gasteiger partial charge in [0.15, 0.2) is 0 Å². The van der Waals surface area contributed by atoms with Crippen LogP contribution in [-0.2, 0) is 4.74 Å². The molecule has 0 saturated heterocycles. The predicted molar refractivity (Wildman–Crippen MR) is 75.5 cm³/mol. The average molecular weight is 266 g/mol. The number of carbonyl (C=O) groups excluding carboxylic acids is 1. The molecule has 0 atom stereocenters. The Bertz CT molecular complexity index is 431. The molecule has 0 spiro atoms. The number of rotatable bonds is 6. The fourth-order valence-electron chi connectivity index (χ4n) is 1.43. The minimum Gasteiger partial charge on any atom is -0.490 e. The highest BCUT2D eigenvalue weighted by Crippen LogP contribution is 2.23. The zero-order valence-electron chi connectivity index (χ0n) is 12.0. The number of hydrogen-bond acceptors (Lipinski definition) is 5. The van der Waals surface area contributed by atoms with Crippen LogP contribution >= 0.6 is 0 Å². The lowest BCUT2D eigenvalue weighted by Crippen LogP contribution is -2.19. The Labute approximate surface area is 114 Å². The van der Waals surface area contributed by atoms with Gasteiger partial charge < -0.3 is 20.1 Å². The molecule has 0 amide bonds. The molecular formula is C14H22N2O3. The van der Waals surface area contributed by atoms with E-state index >= 15 is 0 Å². The third-order valence-electron chi connectivity index (χ3n) is 2.38. The average Bonchev–Trinajstić information content (AvgIpc) is 2.29. The molecule has 0 aromatic heterocycles. The molecule has 0 fully saturated rings. The molecule has 1 aromatic carbocycles. The first-order valence-electron chi connectivity index (χ1n) is 6.28. The molecular weight excluding hydrogens is 244 g/mol. The number of likely N-dealkylation sites (N-methyl/N-ethyl adjacent to an activating group) is 1. The monoisotopic (exact) mass is 266 g/mol. The van der Waals surface area contributed by atoms with Crippen molar-refractivity contribution < 1.29 is 14.3 Å². The van der Waals surface area contributed by atoms with Crippen molar-refractivity contribution in [3.8, 4) is 5.75 Å². The zero-order valence-corrected chi connectivity index (χ0v) is 12.0. The van der Waals surface area contributed by atoms with E-state index in [1.807, 2.05) is 19.0 Å². The molecule has 106 valence electrons. The normalized spacial score (nSPS) is 10.8. The molecule has 0 heterocycles. The van der Waals surface area contributed by atoms with Gasteiger partial charge in [-0.2, -0.15) is 0 Å². The minimum absolute atomic E-state index is 0.148. The number of nitrogen functional groups attached to an aromatic ring is 1. The Balaban J connectivity index is 2.66. The fourth-order valence-corrected chi connectivity index (χ4v) is 1.43. The molecule has 0 radical (unpaired) electrons. The van der Waals surface area contributed by atoms with E-state index in [-0.39, 0.29) is 12.1 Å². The van der Waals surface area contributed by atoms with Crippen molar-refractivity contribution in [1.29, 1.82) is 0 Å². The molecule has 5 nitrogen and oxygen atoms in total. The molecule has 0 aliphatic heterocycles. The second kappa shape index (κ2) is 6.99. The first kappa shape index (κ1) is 15.3. The van der Waals surface area contributed by atoms with Crippen molar-refractivity contribution in [3.05, 3.63) is 23.8 Å². The molecule has 0 unspecified atom stereocenters. The van der Waals surface area contributed by atoms with Crippen LogP contribution < -0.4 is 10.5 Å². The van der Waals surface area contributed by atoms with Gasteiger partial charge in [0.25, 0.3) is 0 Å². The summed E-state index contributed by atoms with van der Waals surface area (Å²) in [4.78, 5) is 13.7. The first-order chi connectivity index (χ1) is 8.90. The van der Waals surface area contributed by atoms with Gasteiger partial charge in [0.2, 0.25) is 0 Å². The standard InChI is InChI=1S/C14H22N2O3/c1-10(2)19-14(17)11-5-6-13(12(15)9-11)18-8-7-16(3)4/h5-6,9-10H,7-8,15H2,1-4H3. The van der Waals surface area contributed by atoms with Gasteiger partial charge >= 0.3 is 5.97 Å². The minimum atomic E-state index is -0.374. The van der Waals surface area contributed by atoms with Gasteiger partial charge in [-0.3, -0.25) is 0 Å². The number of anilines is 1. The number of ether oxygens (including phenoxy) is 2. The van der Waals surface area contributed by atoms with Crippen LogP contribution in [0.1, 0.15) is 24.2 Å². The topological polar surface area (TPSA) is 64.8 Å². The van der Waals surface area contributed by atoms with Gasteiger partial charge in [-0.05, 0) is 46.1 Å². The maximum absolute atomic E-state index is 11.7. The maximum atomic E-state index is 11.7. The Morgan fingerprint density at radius 1 is 1.37 bits per heavy atom. The Morgan fingerprint density at radius 2 is 2.05 bits per heavy atom. The van der Waals surface area contributed by atoms with Crippen LogP contribution in [0.15, 0.2) is 18.2 Å². The largest absolute Gasteiger partial charge is 0.490 e. The lowest BCUT2D eigenvalue weighted by Gasteiger charge is -2.13. The lowest BCUT2D eigenvalue weighted by molar-refractivity contribution is 0.0378. The summed E-state index contributed by atoms with van der Waals surface area (Å²) in [5.74, 6) is 0.212. The molecule has 0 saturated carbocycles. The van der Waals surface area contributed by atoms with E-state index in [2.05, 4.69) is 0 Å². The fraction of sp³-hybridized carbons (Fsp3) is 0.500. The Hall–Kier alpha value is -1.75. The number of carbonyl (C=O) groups is 1. The van der Waals surface area contributed by atoms with Crippen molar-refractivity contribution in [1.82, 2.24) is 4.90 Å². The lowest BCUT2D eigenvalue weighted by atomic mass is 10.2. The van der Waals surface area contributed by atoms with Crippen molar-refractivity contribution in [3.63, 3.8) is 0 Å². The summed E-state index contributed by atoms with van der Waals surface area (Å²) in [6, 6.07) is 4.93. The van der Waals surface area contributed by atoms with E-state index in [0.29, 0.717) is 23.6 Å². The summed E-state index contributed by atoms with van der Waals surface area (Å²) < 4.78 is 10.6. The number of hydrogen-bond donors (Lipinski definition) is 1. The number of nitrogens with two attached hydrogens (primary N) is 1. The Kier molecular flexibility index (Phi) is 5.63. The van der Waals surface area contributed by atoms with Crippen LogP contribution in [0.25, 0.3) is 0 Å². The quantitative estimate of drug-likeness (QED) is 0.628. The van der Waals surface area contributed by atoms with Crippen molar-refractivity contribution in [2.75, 3.05) is 33.0 Å². The van der Waals surface area contributed by atoms with Crippen molar-refractivity contribution in [2.24, 2.45) is 0 Å². The van der Waals surface area contributed by atoms with Gasteiger partial charge in [0.1, 0.15) is 12.4 Å². The van der Waals surface area contributed by atoms with E-state index < -0.39 is 0 Å². The van der Waals surface area contributed by atoms with E-state index in [0.717, 1.165) is 6.54 Å². The molecule has 0 aliphatic rings. The van der Waals surface area contributed by atoms with Gasteiger partial charge in [0.05, 0.1) is 17.4 Å². The summed E-state index contributed by atoms with van der Waals surface area (Å²) in [5.41, 5.74) is 6.74. The van der Waals surface area contributed by atoms with E-state index in [4.69, 9.17) is 15.2 Å². The van der Waals surface area contributed by atoms with E-state index in [1.165, 1.54) is 0 Å². The maximum Gasteiger partial charge on any atom is 0.338 e. The van der Waals surface area contributed by atoms with E-state index in [9.17, 15) is 4.79 Å². The van der Waals surface area contributed by atoms with Crippen LogP contribution in [0.2, 0.25) is 0 Å². The number of nitrogens with zero attached hydrogens (tertiary/aromatic N) is 1. The highest BCUT2D eigenvalue weighted by molar-refractivity contribution is 5.91. The van der Waals surface area contributed by atoms with Crippen molar-refractivity contribution in [2.45, 2.75) is 20.0 Å². The summed E-state index contributed by atoms with van der Waals surface area (Å²) in [7, 11) is 3.94. The summed E-state index contributed by atoms with van der Waals surface area (Å²) in [6.45, 7) is 4.96. The highest BCUT2D eigenvalue weighted by Gasteiger charge is 2.11. The van der Waals surface area contributed by atoms with Crippen LogP contribution in [0, 0.1) is 0 Å². The van der Waals surface area contributed by atoms with Crippen LogP contribution in [0.5, 0.6) is 5.75 Å².